The van der Waals surface area contributed by atoms with E-state index in [-0.39, 0.29) is 35.5 Å². The van der Waals surface area contributed by atoms with Crippen molar-refractivity contribution < 1.29 is 28.7 Å². The fourth-order valence-electron chi connectivity index (χ4n) is 7.79. The van der Waals surface area contributed by atoms with E-state index in [4.69, 9.17) is 33.9 Å². The van der Waals surface area contributed by atoms with Gasteiger partial charge >= 0.3 is 0 Å². The quantitative estimate of drug-likeness (QED) is 0.0777. The maximum Gasteiger partial charge on any atom is 0.248 e. The van der Waals surface area contributed by atoms with E-state index >= 15 is 0 Å². The molecule has 0 saturated carbocycles. The molecule has 0 spiro atoms. The first-order chi connectivity index (χ1) is 30.3. The van der Waals surface area contributed by atoms with Crippen molar-refractivity contribution in [2.45, 2.75) is 115 Å². The van der Waals surface area contributed by atoms with E-state index in [9.17, 15) is 19.2 Å². The zero-order valence-electron chi connectivity index (χ0n) is 37.8. The van der Waals surface area contributed by atoms with Crippen molar-refractivity contribution in [1.29, 1.82) is 0 Å². The summed E-state index contributed by atoms with van der Waals surface area (Å²) in [7, 11) is 0. The van der Waals surface area contributed by atoms with Gasteiger partial charge in [-0.15, -0.1) is 23.5 Å². The lowest BCUT2D eigenvalue weighted by atomic mass is 9.74. The second kappa shape index (κ2) is 21.5. The number of thioether (sulfide) groups is 4. The Bertz CT molecular complexity index is 2290. The molecule has 2 heterocycles. The monoisotopic (exact) mass is 974 g/mol. The van der Waals surface area contributed by atoms with Crippen LogP contribution in [0.15, 0.2) is 96.6 Å². The number of hydrogen-bond donors (Lipinski definition) is 0. The standard InChI is InChI=1S/C50H58N2O6S6/c1-9-11-29-61-46(59)63-39-31-40(53)51(43(39)54)34-15-21-37(22-16-34)57-36-19-13-32(14-20-36)49(6,7)33-25-27-50(8,28-26-33)58-38-23-17-35(18-24-38)52-44(55)41(48(3,4)5)42(45(52)56)64-47(60)62-30-12-10-2/h13-27,39,41-42H,9-12,28-31H2,1-8H3. The van der Waals surface area contributed by atoms with Gasteiger partial charge in [-0.2, -0.15) is 0 Å². The molecular weight excluding hydrogens is 917 g/mol. The van der Waals surface area contributed by atoms with E-state index < -0.39 is 27.4 Å². The zero-order chi connectivity index (χ0) is 46.4. The number of benzene rings is 3. The van der Waals surface area contributed by atoms with Gasteiger partial charge in [-0.3, -0.25) is 19.2 Å². The highest BCUT2D eigenvalue weighted by Crippen LogP contribution is 2.45. The van der Waals surface area contributed by atoms with E-state index in [0.29, 0.717) is 42.1 Å². The number of allylic oxidation sites excluding steroid dienone is 2. The highest BCUT2D eigenvalue weighted by atomic mass is 32.2. The third kappa shape index (κ3) is 11.9. The number of imide groups is 2. The Morgan fingerprint density at radius 1 is 0.719 bits per heavy atom. The van der Waals surface area contributed by atoms with Crippen LogP contribution in [0, 0.1) is 11.3 Å². The minimum Gasteiger partial charge on any atom is -0.483 e. The number of hydrogen-bond acceptors (Lipinski definition) is 12. The Hall–Kier alpha value is -3.40. The van der Waals surface area contributed by atoms with Crippen LogP contribution in [0.2, 0.25) is 0 Å². The predicted molar refractivity (Wildman–Crippen MR) is 279 cm³/mol. The summed E-state index contributed by atoms with van der Waals surface area (Å²) in [5.74, 6) is 2.34. The summed E-state index contributed by atoms with van der Waals surface area (Å²) >= 11 is 16.9. The van der Waals surface area contributed by atoms with Crippen molar-refractivity contribution in [2.75, 3.05) is 21.3 Å². The van der Waals surface area contributed by atoms with E-state index in [1.54, 1.807) is 59.9 Å². The average molecular weight is 975 g/mol. The first kappa shape index (κ1) is 50.0. The van der Waals surface area contributed by atoms with E-state index in [2.05, 4.69) is 58.1 Å². The molecule has 4 amide bonds. The highest BCUT2D eigenvalue weighted by molar-refractivity contribution is 8.48. The average Bonchev–Trinajstić information content (AvgIpc) is 3.66. The molecule has 340 valence electrons. The lowest BCUT2D eigenvalue weighted by Gasteiger charge is -2.34. The molecule has 3 aliphatic rings. The largest absolute Gasteiger partial charge is 0.483 e. The third-order valence-corrected chi connectivity index (χ3v) is 17.4. The summed E-state index contributed by atoms with van der Waals surface area (Å²) in [6.45, 7) is 16.7. The molecule has 4 unspecified atom stereocenters. The molecule has 0 radical (unpaired) electrons. The van der Waals surface area contributed by atoms with Crippen LogP contribution in [0.5, 0.6) is 17.2 Å². The number of carbonyl (C=O) groups is 4. The number of carbonyl (C=O) groups excluding carboxylic acids is 4. The van der Waals surface area contributed by atoms with Crippen molar-refractivity contribution in [3.05, 3.63) is 102 Å². The second-order valence-corrected chi connectivity index (χ2v) is 25.0. The Morgan fingerprint density at radius 2 is 1.25 bits per heavy atom. The lowest BCUT2D eigenvalue weighted by Crippen LogP contribution is -2.34. The Labute approximate surface area is 406 Å². The van der Waals surface area contributed by atoms with Gasteiger partial charge in [-0.05, 0) is 115 Å². The van der Waals surface area contributed by atoms with Crippen LogP contribution in [0.4, 0.5) is 11.4 Å². The fraction of sp³-hybridized carbons (Fsp3) is 0.440. The van der Waals surface area contributed by atoms with Gasteiger partial charge in [0.15, 0.2) is 0 Å². The SMILES string of the molecule is CCCCSC(=S)SC1CC(=O)N(c2ccc(Oc3ccc(C(C)(C)C4=CCC(C)(Oc5ccc(N6C(=O)C(SC(=S)SCCCC)C(C(C)(C)C)C6=O)cc5)C=C4)cc3)cc2)C1=O. The van der Waals surface area contributed by atoms with Crippen LogP contribution in [0.1, 0.15) is 99.5 Å². The van der Waals surface area contributed by atoms with Gasteiger partial charge in [0.25, 0.3) is 0 Å². The van der Waals surface area contributed by atoms with Gasteiger partial charge in [0.1, 0.15) is 35.2 Å². The summed E-state index contributed by atoms with van der Waals surface area (Å²) < 4.78 is 14.1. The number of ether oxygens (including phenoxy) is 2. The first-order valence-corrected chi connectivity index (χ1v) is 26.4. The van der Waals surface area contributed by atoms with Gasteiger partial charge < -0.3 is 9.47 Å². The topological polar surface area (TPSA) is 93.2 Å². The maximum atomic E-state index is 13.9. The minimum atomic E-state index is -0.603. The Kier molecular flexibility index (Phi) is 16.8. The molecule has 0 bridgehead atoms. The van der Waals surface area contributed by atoms with Crippen LogP contribution >= 0.6 is 71.5 Å². The molecule has 4 atom stereocenters. The summed E-state index contributed by atoms with van der Waals surface area (Å²) in [4.78, 5) is 56.3. The molecule has 64 heavy (non-hydrogen) atoms. The van der Waals surface area contributed by atoms with Crippen molar-refractivity contribution in [2.24, 2.45) is 11.3 Å². The highest BCUT2D eigenvalue weighted by Gasteiger charge is 2.53. The van der Waals surface area contributed by atoms with Crippen LogP contribution in [-0.4, -0.2) is 58.3 Å². The zero-order valence-corrected chi connectivity index (χ0v) is 42.7. The van der Waals surface area contributed by atoms with Gasteiger partial charge in [0, 0.05) is 18.3 Å². The molecule has 0 N–H and O–H groups in total. The summed E-state index contributed by atoms with van der Waals surface area (Å²) in [5, 5.41) is -1.06. The van der Waals surface area contributed by atoms with Gasteiger partial charge in [0.2, 0.25) is 23.6 Å². The van der Waals surface area contributed by atoms with Crippen LogP contribution < -0.4 is 19.3 Å². The van der Waals surface area contributed by atoms with Crippen LogP contribution in [-0.2, 0) is 24.6 Å². The molecule has 6 rings (SSSR count). The van der Waals surface area contributed by atoms with Crippen molar-refractivity contribution in [1.82, 2.24) is 0 Å². The third-order valence-electron chi connectivity index (χ3n) is 11.6. The molecular formula is C50H58N2O6S6. The van der Waals surface area contributed by atoms with E-state index in [0.717, 1.165) is 48.3 Å². The van der Waals surface area contributed by atoms with Crippen LogP contribution in [0.25, 0.3) is 0 Å². The molecule has 2 fully saturated rings. The number of nitrogens with zero attached hydrogens (tertiary/aromatic N) is 2. The lowest BCUT2D eigenvalue weighted by molar-refractivity contribution is -0.124. The van der Waals surface area contributed by atoms with Gasteiger partial charge in [0.05, 0.1) is 22.5 Å². The molecule has 3 aromatic rings. The summed E-state index contributed by atoms with van der Waals surface area (Å²) in [6.07, 6.45) is 11.5. The Balaban J connectivity index is 1.03. The smallest absolute Gasteiger partial charge is 0.248 e. The maximum absolute atomic E-state index is 13.9. The van der Waals surface area contributed by atoms with Crippen LogP contribution in [0.3, 0.4) is 0 Å². The number of rotatable bonds is 16. The summed E-state index contributed by atoms with van der Waals surface area (Å²) in [6, 6.07) is 22.2. The minimum absolute atomic E-state index is 0.135. The fourth-order valence-corrected chi connectivity index (χ4v) is 13.6. The molecule has 3 aromatic carbocycles. The second-order valence-electron chi connectivity index (χ2n) is 18.0. The molecule has 2 aliphatic heterocycles. The molecule has 14 heteroatoms. The molecule has 8 nitrogen and oxygen atoms in total. The van der Waals surface area contributed by atoms with Crippen molar-refractivity contribution >= 4 is 114 Å². The van der Waals surface area contributed by atoms with Crippen molar-refractivity contribution in [3.8, 4) is 17.2 Å². The molecule has 1 aliphatic carbocycles. The van der Waals surface area contributed by atoms with Crippen molar-refractivity contribution in [3.63, 3.8) is 0 Å². The number of thiocarbonyl (C=S) groups is 2. The van der Waals surface area contributed by atoms with E-state index in [1.807, 2.05) is 52.0 Å². The number of unbranched alkanes of at least 4 members (excludes halogenated alkanes) is 2. The van der Waals surface area contributed by atoms with E-state index in [1.165, 1.54) is 33.3 Å². The first-order valence-electron chi connectivity index (χ1n) is 21.8. The summed E-state index contributed by atoms with van der Waals surface area (Å²) in [5.41, 5.74) is 1.99. The number of amides is 4. The normalized spacial score (nSPS) is 21.4. The predicted octanol–water partition coefficient (Wildman–Crippen LogP) is 13.1. The molecule has 2 saturated heterocycles. The van der Waals surface area contributed by atoms with Gasteiger partial charge in [-0.1, -0.05) is 134 Å². The Morgan fingerprint density at radius 3 is 1.78 bits per heavy atom. The number of anilines is 2. The van der Waals surface area contributed by atoms with Gasteiger partial charge in [-0.25, -0.2) is 9.80 Å². The molecule has 0 aromatic heterocycles.